The Bertz CT molecular complexity index is 814. The molecule has 6 heteroatoms. The molecule has 1 aromatic carbocycles. The Kier molecular flexibility index (Phi) is 2.85. The summed E-state index contributed by atoms with van der Waals surface area (Å²) in [6, 6.07) is 3.89. The van der Waals surface area contributed by atoms with Gasteiger partial charge in [0, 0.05) is 24.6 Å². The van der Waals surface area contributed by atoms with Crippen molar-refractivity contribution in [2.24, 2.45) is 10.9 Å². The van der Waals surface area contributed by atoms with Crippen molar-refractivity contribution in [1.82, 2.24) is 4.57 Å². The first kappa shape index (κ1) is 12.6. The Morgan fingerprint density at radius 2 is 2.19 bits per heavy atom. The molecule has 0 saturated heterocycles. The van der Waals surface area contributed by atoms with Crippen LogP contribution in [0.15, 0.2) is 29.8 Å². The van der Waals surface area contributed by atoms with Gasteiger partial charge < -0.3 is 14.0 Å². The van der Waals surface area contributed by atoms with E-state index in [2.05, 4.69) is 11.6 Å². The van der Waals surface area contributed by atoms with Crippen LogP contribution in [-0.4, -0.2) is 17.3 Å². The number of hydrogen-bond donors (Lipinski definition) is 0. The minimum Gasteiger partial charge on any atom is -0.454 e. The van der Waals surface area contributed by atoms with Crippen molar-refractivity contribution in [3.8, 4) is 11.5 Å². The van der Waals surface area contributed by atoms with Crippen LogP contribution >= 0.6 is 11.3 Å². The third kappa shape index (κ3) is 2.15. The third-order valence-electron chi connectivity index (χ3n) is 3.62. The van der Waals surface area contributed by atoms with Gasteiger partial charge in [-0.1, -0.05) is 17.4 Å². The maximum absolute atomic E-state index is 12.0. The number of nitrogens with zero attached hydrogens (tertiary/aromatic N) is 2. The van der Waals surface area contributed by atoms with E-state index in [0.717, 1.165) is 34.6 Å². The molecule has 0 N–H and O–H groups in total. The Labute approximate surface area is 125 Å². The summed E-state index contributed by atoms with van der Waals surface area (Å²) < 4.78 is 13.9. The Balaban J connectivity index is 1.91. The molecule has 1 aliphatic heterocycles. The molecule has 1 aliphatic carbocycles. The van der Waals surface area contributed by atoms with Crippen LogP contribution < -0.4 is 14.3 Å². The summed E-state index contributed by atoms with van der Waals surface area (Å²) in [6.45, 7) is 4.65. The van der Waals surface area contributed by atoms with E-state index in [0.29, 0.717) is 11.3 Å². The van der Waals surface area contributed by atoms with Crippen molar-refractivity contribution in [3.63, 3.8) is 0 Å². The van der Waals surface area contributed by atoms with Crippen molar-refractivity contribution in [2.45, 2.75) is 19.4 Å². The Morgan fingerprint density at radius 3 is 2.90 bits per heavy atom. The number of carbonyl (C=O) groups excluding carboxylic acids is 1. The number of benzene rings is 1. The van der Waals surface area contributed by atoms with E-state index in [-0.39, 0.29) is 18.6 Å². The first-order valence-electron chi connectivity index (χ1n) is 6.88. The van der Waals surface area contributed by atoms with Crippen LogP contribution in [-0.2, 0) is 11.3 Å². The SMILES string of the molecule is C=CCn1c(=NC(=O)C2CC2)sc2cc3c(cc21)OCO3. The molecule has 0 unspecified atom stereocenters. The van der Waals surface area contributed by atoms with Crippen LogP contribution in [0.3, 0.4) is 0 Å². The highest BCUT2D eigenvalue weighted by atomic mass is 32.1. The molecule has 2 aliphatic rings. The molecule has 1 aromatic heterocycles. The summed E-state index contributed by atoms with van der Waals surface area (Å²) in [5.41, 5.74) is 0.992. The van der Waals surface area contributed by atoms with E-state index < -0.39 is 0 Å². The zero-order valence-corrected chi connectivity index (χ0v) is 12.2. The number of hydrogen-bond acceptors (Lipinski definition) is 4. The van der Waals surface area contributed by atoms with Crippen LogP contribution in [0.2, 0.25) is 0 Å². The fourth-order valence-corrected chi connectivity index (χ4v) is 3.42. The fourth-order valence-electron chi connectivity index (χ4n) is 2.37. The number of ether oxygens (including phenoxy) is 2. The standard InChI is InChI=1S/C15H14N2O3S/c1-2-5-17-10-6-11-12(20-8-19-11)7-13(10)21-15(17)16-14(18)9-3-4-9/h2,6-7,9H,1,3-5,8H2. The van der Waals surface area contributed by atoms with E-state index in [1.165, 1.54) is 11.3 Å². The van der Waals surface area contributed by atoms with Crippen LogP contribution in [0.25, 0.3) is 10.2 Å². The van der Waals surface area contributed by atoms with Crippen LogP contribution in [0.5, 0.6) is 11.5 Å². The van der Waals surface area contributed by atoms with Crippen LogP contribution in [0.1, 0.15) is 12.8 Å². The fraction of sp³-hybridized carbons (Fsp3) is 0.333. The van der Waals surface area contributed by atoms with E-state index in [1.807, 2.05) is 16.7 Å². The lowest BCUT2D eigenvalue weighted by molar-refractivity contribution is -0.119. The second kappa shape index (κ2) is 4.73. The van der Waals surface area contributed by atoms with Crippen molar-refractivity contribution >= 4 is 27.5 Å². The molecule has 0 bridgehead atoms. The second-order valence-electron chi connectivity index (χ2n) is 5.18. The zero-order valence-electron chi connectivity index (χ0n) is 11.4. The molecule has 1 amide bonds. The minimum atomic E-state index is -0.0144. The predicted octanol–water partition coefficient (Wildman–Crippen LogP) is 2.45. The molecule has 2 heterocycles. The highest BCUT2D eigenvalue weighted by Crippen LogP contribution is 2.37. The zero-order chi connectivity index (χ0) is 14.4. The van der Waals surface area contributed by atoms with Gasteiger partial charge in [0.05, 0.1) is 10.2 Å². The Hall–Kier alpha value is -2.08. The predicted molar refractivity (Wildman–Crippen MR) is 79.4 cm³/mol. The van der Waals surface area contributed by atoms with Gasteiger partial charge in [0.1, 0.15) is 0 Å². The van der Waals surface area contributed by atoms with Crippen molar-refractivity contribution < 1.29 is 14.3 Å². The lowest BCUT2D eigenvalue weighted by atomic mass is 10.3. The molecule has 5 nitrogen and oxygen atoms in total. The molecule has 1 fully saturated rings. The van der Waals surface area contributed by atoms with Crippen molar-refractivity contribution in [3.05, 3.63) is 29.6 Å². The van der Waals surface area contributed by atoms with Gasteiger partial charge in [-0.15, -0.1) is 6.58 Å². The largest absolute Gasteiger partial charge is 0.454 e. The lowest BCUT2D eigenvalue weighted by Gasteiger charge is -2.02. The quantitative estimate of drug-likeness (QED) is 0.818. The highest BCUT2D eigenvalue weighted by Gasteiger charge is 2.29. The van der Waals surface area contributed by atoms with Crippen LogP contribution in [0, 0.1) is 5.92 Å². The highest BCUT2D eigenvalue weighted by molar-refractivity contribution is 7.16. The van der Waals surface area contributed by atoms with Crippen molar-refractivity contribution in [2.75, 3.05) is 6.79 Å². The number of allylic oxidation sites excluding steroid dienone is 1. The minimum absolute atomic E-state index is 0.0144. The lowest BCUT2D eigenvalue weighted by Crippen LogP contribution is -2.16. The summed E-state index contributed by atoms with van der Waals surface area (Å²) >= 11 is 1.50. The Morgan fingerprint density at radius 1 is 1.43 bits per heavy atom. The van der Waals surface area contributed by atoms with Gasteiger partial charge in [-0.2, -0.15) is 4.99 Å². The molecule has 1 saturated carbocycles. The summed E-state index contributed by atoms with van der Waals surface area (Å²) in [5.74, 6) is 1.59. The molecular formula is C15H14N2O3S. The smallest absolute Gasteiger partial charge is 0.251 e. The van der Waals surface area contributed by atoms with Crippen molar-refractivity contribution in [1.29, 1.82) is 0 Å². The number of carbonyl (C=O) groups is 1. The molecule has 0 atom stereocenters. The third-order valence-corrected chi connectivity index (χ3v) is 4.66. The van der Waals surface area contributed by atoms with Gasteiger partial charge in [-0.05, 0) is 12.8 Å². The molecule has 21 heavy (non-hydrogen) atoms. The molecule has 4 rings (SSSR count). The number of thiazole rings is 1. The molecule has 0 spiro atoms. The first-order valence-corrected chi connectivity index (χ1v) is 7.70. The molecule has 2 aromatic rings. The normalized spacial score (nSPS) is 17.4. The van der Waals surface area contributed by atoms with Gasteiger partial charge in [0.25, 0.3) is 5.91 Å². The maximum Gasteiger partial charge on any atom is 0.251 e. The van der Waals surface area contributed by atoms with E-state index >= 15 is 0 Å². The molecule has 108 valence electrons. The van der Waals surface area contributed by atoms with Gasteiger partial charge >= 0.3 is 0 Å². The maximum atomic E-state index is 12.0. The molecular weight excluding hydrogens is 288 g/mol. The number of fused-ring (bicyclic) bond motifs is 2. The number of rotatable bonds is 3. The average molecular weight is 302 g/mol. The van der Waals surface area contributed by atoms with Crippen LogP contribution in [0.4, 0.5) is 0 Å². The van der Waals surface area contributed by atoms with Gasteiger partial charge in [0.15, 0.2) is 16.3 Å². The van der Waals surface area contributed by atoms with E-state index in [4.69, 9.17) is 9.47 Å². The van der Waals surface area contributed by atoms with E-state index in [9.17, 15) is 4.79 Å². The summed E-state index contributed by atoms with van der Waals surface area (Å²) in [7, 11) is 0. The summed E-state index contributed by atoms with van der Waals surface area (Å²) in [4.78, 5) is 17.0. The number of aromatic nitrogens is 1. The van der Waals surface area contributed by atoms with E-state index in [1.54, 1.807) is 6.08 Å². The van der Waals surface area contributed by atoms with Gasteiger partial charge in [-0.3, -0.25) is 4.79 Å². The summed E-state index contributed by atoms with van der Waals surface area (Å²) in [6.07, 6.45) is 3.73. The van der Waals surface area contributed by atoms with Gasteiger partial charge in [0.2, 0.25) is 6.79 Å². The number of amides is 1. The summed E-state index contributed by atoms with van der Waals surface area (Å²) in [5, 5.41) is 0. The second-order valence-corrected chi connectivity index (χ2v) is 6.19. The monoisotopic (exact) mass is 302 g/mol. The molecule has 0 radical (unpaired) electrons. The topological polar surface area (TPSA) is 52.8 Å². The first-order chi connectivity index (χ1) is 10.3. The van der Waals surface area contributed by atoms with Gasteiger partial charge in [-0.25, -0.2) is 0 Å². The average Bonchev–Trinajstić information content (AvgIpc) is 3.15.